The Kier molecular flexibility index (Phi) is 8.09. The largest absolute Gasteiger partial charge is 0.305 e. The maximum absolute atomic E-state index is 11.2. The van der Waals surface area contributed by atoms with E-state index < -0.39 is 11.6 Å². The van der Waals surface area contributed by atoms with Crippen LogP contribution in [0.2, 0.25) is 0 Å². The quantitative estimate of drug-likeness (QED) is 0.323. The molecule has 0 atom stereocenters. The zero-order valence-corrected chi connectivity index (χ0v) is 10.0. The molecule has 18 heavy (non-hydrogen) atoms. The molecule has 0 unspecified atom stereocenters. The lowest BCUT2D eigenvalue weighted by molar-refractivity contribution is -0.126. The van der Waals surface area contributed by atoms with Crippen molar-refractivity contribution >= 4 is 35.6 Å². The molecular formula is C12H16N2O4. The summed E-state index contributed by atoms with van der Waals surface area (Å²) in [6, 6.07) is 0. The second kappa shape index (κ2) is 9.09. The molecule has 0 aliphatic rings. The molecule has 0 aliphatic heterocycles. The van der Waals surface area contributed by atoms with E-state index in [-0.39, 0.29) is 37.2 Å². The monoisotopic (exact) mass is 252 g/mol. The number of hydrogen-bond donors (Lipinski definition) is 2. The Bertz CT molecular complexity index is 338. The highest BCUT2D eigenvalue weighted by molar-refractivity contribution is 6.31. The van der Waals surface area contributed by atoms with Crippen LogP contribution in [0.5, 0.6) is 0 Å². The first-order chi connectivity index (χ1) is 8.49. The SMILES string of the molecule is N=CC(=O)CC(=O)CCCCC(=O)CC(=O)C=N. The molecule has 0 amide bonds. The van der Waals surface area contributed by atoms with Gasteiger partial charge in [0, 0.05) is 12.8 Å². The van der Waals surface area contributed by atoms with Crippen LogP contribution in [0.3, 0.4) is 0 Å². The normalized spacial score (nSPS) is 9.56. The average Bonchev–Trinajstić information content (AvgIpc) is 2.34. The molecule has 0 saturated carbocycles. The Morgan fingerprint density at radius 1 is 0.722 bits per heavy atom. The fourth-order valence-corrected chi connectivity index (χ4v) is 1.31. The van der Waals surface area contributed by atoms with Gasteiger partial charge in [-0.1, -0.05) is 0 Å². The van der Waals surface area contributed by atoms with E-state index in [1.807, 2.05) is 0 Å². The number of rotatable bonds is 11. The maximum Gasteiger partial charge on any atom is 0.180 e. The summed E-state index contributed by atoms with van der Waals surface area (Å²) in [6.45, 7) is 0. The van der Waals surface area contributed by atoms with Gasteiger partial charge in [0.15, 0.2) is 11.6 Å². The fourth-order valence-electron chi connectivity index (χ4n) is 1.31. The summed E-state index contributed by atoms with van der Waals surface area (Å²) in [5.74, 6) is -1.53. The van der Waals surface area contributed by atoms with Gasteiger partial charge in [-0.15, -0.1) is 0 Å². The van der Waals surface area contributed by atoms with Gasteiger partial charge < -0.3 is 10.8 Å². The van der Waals surface area contributed by atoms with Crippen molar-refractivity contribution in [3.63, 3.8) is 0 Å². The standard InChI is InChI=1S/C12H16N2O4/c13-7-11(17)5-9(15)3-1-2-4-10(16)6-12(18)8-14/h7-8,13-14H,1-6H2. The van der Waals surface area contributed by atoms with Gasteiger partial charge in [0.2, 0.25) is 0 Å². The molecule has 0 radical (unpaired) electrons. The van der Waals surface area contributed by atoms with Crippen molar-refractivity contribution in [3.05, 3.63) is 0 Å². The number of unbranched alkanes of at least 4 members (excludes halogenated alkanes) is 1. The third-order valence-corrected chi connectivity index (χ3v) is 2.23. The van der Waals surface area contributed by atoms with E-state index in [1.165, 1.54) is 0 Å². The Hall–Kier alpha value is -1.98. The van der Waals surface area contributed by atoms with Crippen LogP contribution in [0.25, 0.3) is 0 Å². The molecule has 0 aromatic heterocycles. The van der Waals surface area contributed by atoms with Crippen molar-refractivity contribution in [2.75, 3.05) is 0 Å². The summed E-state index contributed by atoms with van der Waals surface area (Å²) in [7, 11) is 0. The van der Waals surface area contributed by atoms with E-state index in [2.05, 4.69) is 0 Å². The minimum Gasteiger partial charge on any atom is -0.305 e. The first kappa shape index (κ1) is 16.0. The minimum atomic E-state index is -0.521. The molecule has 0 fully saturated rings. The van der Waals surface area contributed by atoms with Gasteiger partial charge in [0.1, 0.15) is 11.6 Å². The van der Waals surface area contributed by atoms with Gasteiger partial charge in [-0.2, -0.15) is 0 Å². The van der Waals surface area contributed by atoms with Crippen molar-refractivity contribution in [3.8, 4) is 0 Å². The smallest absolute Gasteiger partial charge is 0.180 e. The fraction of sp³-hybridized carbons (Fsp3) is 0.500. The number of carbonyl (C=O) groups excluding carboxylic acids is 4. The number of hydrogen-bond acceptors (Lipinski definition) is 6. The number of ketones is 4. The summed E-state index contributed by atoms with van der Waals surface area (Å²) in [6.07, 6.45) is 2.07. The molecule has 6 nitrogen and oxygen atoms in total. The Morgan fingerprint density at radius 3 is 1.33 bits per heavy atom. The highest BCUT2D eigenvalue weighted by atomic mass is 16.2. The average molecular weight is 252 g/mol. The van der Waals surface area contributed by atoms with Crippen LogP contribution < -0.4 is 0 Å². The van der Waals surface area contributed by atoms with Crippen molar-refractivity contribution in [2.24, 2.45) is 0 Å². The topological polar surface area (TPSA) is 116 Å². The third kappa shape index (κ3) is 8.20. The van der Waals surface area contributed by atoms with Crippen LogP contribution in [0.4, 0.5) is 0 Å². The van der Waals surface area contributed by atoms with Crippen molar-refractivity contribution < 1.29 is 19.2 Å². The lowest BCUT2D eigenvalue weighted by Crippen LogP contribution is -2.09. The van der Waals surface area contributed by atoms with Crippen LogP contribution >= 0.6 is 0 Å². The van der Waals surface area contributed by atoms with Gasteiger partial charge in [0.25, 0.3) is 0 Å². The highest BCUT2D eigenvalue weighted by Gasteiger charge is 2.09. The summed E-state index contributed by atoms with van der Waals surface area (Å²) in [5, 5.41) is 13.3. The van der Waals surface area contributed by atoms with E-state index in [0.29, 0.717) is 25.3 Å². The maximum atomic E-state index is 11.2. The molecule has 0 aromatic rings. The third-order valence-electron chi connectivity index (χ3n) is 2.23. The molecule has 0 bridgehead atoms. The zero-order chi connectivity index (χ0) is 14.0. The molecule has 0 aliphatic carbocycles. The summed E-state index contributed by atoms with van der Waals surface area (Å²) < 4.78 is 0. The molecule has 0 aromatic carbocycles. The number of carbonyl (C=O) groups is 4. The van der Waals surface area contributed by atoms with Crippen molar-refractivity contribution in [2.45, 2.75) is 38.5 Å². The highest BCUT2D eigenvalue weighted by Crippen LogP contribution is 2.04. The molecule has 0 saturated heterocycles. The van der Waals surface area contributed by atoms with E-state index in [4.69, 9.17) is 10.8 Å². The van der Waals surface area contributed by atoms with Gasteiger partial charge in [-0.3, -0.25) is 19.2 Å². The Balaban J connectivity index is 3.67. The van der Waals surface area contributed by atoms with Crippen LogP contribution in [0, 0.1) is 10.8 Å². The number of Topliss-reactive ketones (excluding diaryl/α,β-unsaturated/α-hetero) is 4. The second-order valence-electron chi connectivity index (χ2n) is 3.86. The van der Waals surface area contributed by atoms with E-state index in [1.54, 1.807) is 0 Å². The van der Waals surface area contributed by atoms with Gasteiger partial charge >= 0.3 is 0 Å². The van der Waals surface area contributed by atoms with Crippen LogP contribution in [-0.4, -0.2) is 35.6 Å². The molecule has 0 rings (SSSR count). The molecule has 2 N–H and O–H groups in total. The predicted octanol–water partition coefficient (Wildman–Crippen LogP) is 0.903. The second-order valence-corrected chi connectivity index (χ2v) is 3.86. The minimum absolute atomic E-state index is 0.200. The number of nitrogens with one attached hydrogen (secondary N) is 2. The van der Waals surface area contributed by atoms with Gasteiger partial charge in [-0.05, 0) is 12.8 Å². The van der Waals surface area contributed by atoms with E-state index >= 15 is 0 Å². The Labute approximate surface area is 105 Å². The van der Waals surface area contributed by atoms with Gasteiger partial charge in [-0.25, -0.2) is 0 Å². The van der Waals surface area contributed by atoms with E-state index in [9.17, 15) is 19.2 Å². The lowest BCUT2D eigenvalue weighted by Gasteiger charge is -1.99. The van der Waals surface area contributed by atoms with Crippen molar-refractivity contribution in [1.29, 1.82) is 10.8 Å². The van der Waals surface area contributed by atoms with Gasteiger partial charge in [0.05, 0.1) is 25.3 Å². The summed E-state index contributed by atoms with van der Waals surface area (Å²) >= 11 is 0. The predicted molar refractivity (Wildman–Crippen MR) is 65.3 cm³/mol. The Morgan fingerprint density at radius 2 is 1.06 bits per heavy atom. The van der Waals surface area contributed by atoms with E-state index in [0.717, 1.165) is 0 Å². The molecular weight excluding hydrogens is 236 g/mol. The van der Waals surface area contributed by atoms with Crippen LogP contribution in [0.15, 0.2) is 0 Å². The zero-order valence-electron chi connectivity index (χ0n) is 10.0. The lowest BCUT2D eigenvalue weighted by atomic mass is 10.0. The summed E-state index contributed by atoms with van der Waals surface area (Å²) in [4.78, 5) is 43.9. The molecule has 0 spiro atoms. The first-order valence-electron chi connectivity index (χ1n) is 5.59. The first-order valence-corrected chi connectivity index (χ1v) is 5.59. The molecule has 0 heterocycles. The molecule has 6 heteroatoms. The van der Waals surface area contributed by atoms with Crippen LogP contribution in [-0.2, 0) is 19.2 Å². The molecule has 98 valence electrons. The summed E-state index contributed by atoms with van der Waals surface area (Å²) in [5.41, 5.74) is 0. The van der Waals surface area contributed by atoms with Crippen molar-refractivity contribution in [1.82, 2.24) is 0 Å². The van der Waals surface area contributed by atoms with Crippen LogP contribution in [0.1, 0.15) is 38.5 Å².